The Morgan fingerprint density at radius 2 is 2.04 bits per heavy atom. The molecule has 1 aromatic heterocycles. The van der Waals surface area contributed by atoms with Gasteiger partial charge in [-0.05, 0) is 42.2 Å². The molecule has 5 nitrogen and oxygen atoms in total. The molecule has 0 aliphatic heterocycles. The molecule has 0 aliphatic rings. The molecule has 1 amide bonds. The lowest BCUT2D eigenvalue weighted by Gasteiger charge is -2.14. The maximum atomic E-state index is 14.1. The molecule has 0 radical (unpaired) electrons. The van der Waals surface area contributed by atoms with Gasteiger partial charge in [-0.25, -0.2) is 4.39 Å². The molecule has 26 heavy (non-hydrogen) atoms. The topological polar surface area (TPSA) is 77.2 Å². The molecule has 0 saturated heterocycles. The molecule has 0 aliphatic carbocycles. The number of hydrogen-bond acceptors (Lipinski definition) is 4. The first-order valence-corrected chi connectivity index (χ1v) is 7.85. The molecule has 1 aromatic carbocycles. The van der Waals surface area contributed by atoms with Crippen LogP contribution in [0.5, 0.6) is 11.5 Å². The smallest absolute Gasteiger partial charge is 0.237 e. The van der Waals surface area contributed by atoms with Gasteiger partial charge in [0.25, 0.3) is 0 Å². The van der Waals surface area contributed by atoms with Crippen LogP contribution in [0.4, 0.5) is 4.39 Å². The minimum Gasteiger partial charge on any atom is -0.453 e. The summed E-state index contributed by atoms with van der Waals surface area (Å²) in [5, 5.41) is 2.72. The van der Waals surface area contributed by atoms with Gasteiger partial charge in [0.2, 0.25) is 5.91 Å². The van der Waals surface area contributed by atoms with Crippen molar-refractivity contribution < 1.29 is 13.9 Å². The first kappa shape index (κ1) is 24.1. The predicted molar refractivity (Wildman–Crippen MR) is 104 cm³/mol. The molecular weight excluding hydrogens is 380 g/mol. The van der Waals surface area contributed by atoms with Gasteiger partial charge in [-0.3, -0.25) is 9.78 Å². The zero-order valence-corrected chi connectivity index (χ0v) is 16.3. The number of pyridine rings is 1. The molecule has 2 aromatic rings. The van der Waals surface area contributed by atoms with Gasteiger partial charge in [0.1, 0.15) is 5.75 Å². The van der Waals surface area contributed by atoms with Gasteiger partial charge in [-0.2, -0.15) is 0 Å². The molecule has 0 fully saturated rings. The summed E-state index contributed by atoms with van der Waals surface area (Å²) in [5.41, 5.74) is 6.45. The predicted octanol–water partition coefficient (Wildman–Crippen LogP) is 3.85. The van der Waals surface area contributed by atoms with Gasteiger partial charge in [-0.1, -0.05) is 19.9 Å². The highest BCUT2D eigenvalue weighted by molar-refractivity contribution is 5.85. The summed E-state index contributed by atoms with van der Waals surface area (Å²) >= 11 is 0. The summed E-state index contributed by atoms with van der Waals surface area (Å²) < 4.78 is 19.5. The van der Waals surface area contributed by atoms with E-state index < -0.39 is 11.9 Å². The van der Waals surface area contributed by atoms with E-state index in [1.165, 1.54) is 18.3 Å². The van der Waals surface area contributed by atoms with E-state index in [9.17, 15) is 9.18 Å². The Morgan fingerprint density at radius 1 is 1.31 bits per heavy atom. The van der Waals surface area contributed by atoms with E-state index in [-0.39, 0.29) is 43.0 Å². The van der Waals surface area contributed by atoms with Gasteiger partial charge in [0, 0.05) is 12.7 Å². The first-order chi connectivity index (χ1) is 11.5. The van der Waals surface area contributed by atoms with E-state index in [1.54, 1.807) is 24.4 Å². The first-order valence-electron chi connectivity index (χ1n) is 7.85. The Balaban J connectivity index is 0.00000312. The Hall–Kier alpha value is -1.89. The summed E-state index contributed by atoms with van der Waals surface area (Å²) in [4.78, 5) is 15.8. The zero-order chi connectivity index (χ0) is 17.5. The number of hydrogen-bond donors (Lipinski definition) is 2. The highest BCUT2D eigenvalue weighted by atomic mass is 35.5. The van der Waals surface area contributed by atoms with Crippen molar-refractivity contribution >= 4 is 30.7 Å². The Bertz CT molecular complexity index is 687. The van der Waals surface area contributed by atoms with E-state index in [1.807, 2.05) is 13.8 Å². The van der Waals surface area contributed by atoms with Gasteiger partial charge < -0.3 is 15.8 Å². The van der Waals surface area contributed by atoms with Crippen molar-refractivity contribution in [3.05, 3.63) is 54.1 Å². The SMILES string of the molecule is CC(C)C[C@H](N)C(=O)NCc1ccc(Oc2cccnc2)c(F)c1.Cl.Cl. The molecule has 8 heteroatoms. The summed E-state index contributed by atoms with van der Waals surface area (Å²) in [6.07, 6.45) is 3.72. The van der Waals surface area contributed by atoms with Crippen LogP contribution in [0.1, 0.15) is 25.8 Å². The van der Waals surface area contributed by atoms with Crippen LogP contribution in [-0.2, 0) is 11.3 Å². The zero-order valence-electron chi connectivity index (χ0n) is 14.6. The van der Waals surface area contributed by atoms with Crippen molar-refractivity contribution in [3.63, 3.8) is 0 Å². The fourth-order valence-electron chi connectivity index (χ4n) is 2.21. The number of nitrogens with one attached hydrogen (secondary N) is 1. The largest absolute Gasteiger partial charge is 0.453 e. The second-order valence-electron chi connectivity index (χ2n) is 6.01. The normalized spacial score (nSPS) is 11.1. The molecule has 1 heterocycles. The quantitative estimate of drug-likeness (QED) is 0.735. The van der Waals surface area contributed by atoms with E-state index in [0.717, 1.165) is 0 Å². The number of carbonyl (C=O) groups is 1. The third-order valence-corrected chi connectivity index (χ3v) is 3.39. The number of halogens is 3. The minimum absolute atomic E-state index is 0. The summed E-state index contributed by atoms with van der Waals surface area (Å²) in [5.74, 6) is 0.163. The molecule has 0 saturated carbocycles. The van der Waals surface area contributed by atoms with Crippen LogP contribution in [-0.4, -0.2) is 16.9 Å². The minimum atomic E-state index is -0.553. The molecule has 2 rings (SSSR count). The van der Waals surface area contributed by atoms with Crippen LogP contribution < -0.4 is 15.8 Å². The molecule has 0 bridgehead atoms. The Labute approximate surface area is 165 Å². The van der Waals surface area contributed by atoms with Crippen LogP contribution >= 0.6 is 24.8 Å². The number of benzene rings is 1. The molecule has 1 atom stereocenters. The highest BCUT2D eigenvalue weighted by Gasteiger charge is 2.15. The van der Waals surface area contributed by atoms with Gasteiger partial charge >= 0.3 is 0 Å². The molecular formula is C18H24Cl2FN3O2. The number of carbonyl (C=O) groups excluding carboxylic acids is 1. The average Bonchev–Trinajstić information content (AvgIpc) is 2.55. The van der Waals surface area contributed by atoms with E-state index in [0.29, 0.717) is 23.7 Å². The lowest BCUT2D eigenvalue weighted by atomic mass is 10.0. The second-order valence-corrected chi connectivity index (χ2v) is 6.01. The maximum absolute atomic E-state index is 14.1. The van der Waals surface area contributed by atoms with E-state index in [4.69, 9.17) is 10.5 Å². The van der Waals surface area contributed by atoms with E-state index >= 15 is 0 Å². The fraction of sp³-hybridized carbons (Fsp3) is 0.333. The molecule has 3 N–H and O–H groups in total. The summed E-state index contributed by atoms with van der Waals surface area (Å²) in [7, 11) is 0. The number of amides is 1. The lowest BCUT2D eigenvalue weighted by molar-refractivity contribution is -0.122. The van der Waals surface area contributed by atoms with Crippen LogP contribution in [0.25, 0.3) is 0 Å². The monoisotopic (exact) mass is 403 g/mol. The summed E-state index contributed by atoms with van der Waals surface area (Å²) in [6.45, 7) is 4.22. The number of aromatic nitrogens is 1. The Morgan fingerprint density at radius 3 is 2.62 bits per heavy atom. The fourth-order valence-corrected chi connectivity index (χ4v) is 2.21. The average molecular weight is 404 g/mol. The van der Waals surface area contributed by atoms with Crippen molar-refractivity contribution in [2.24, 2.45) is 11.7 Å². The third-order valence-electron chi connectivity index (χ3n) is 3.39. The molecule has 144 valence electrons. The second kappa shape index (κ2) is 11.7. The molecule has 0 unspecified atom stereocenters. The van der Waals surface area contributed by atoms with Crippen LogP contribution in [0.2, 0.25) is 0 Å². The van der Waals surface area contributed by atoms with Gasteiger partial charge in [-0.15, -0.1) is 24.8 Å². The standard InChI is InChI=1S/C18H22FN3O2.2ClH/c1-12(2)8-16(20)18(23)22-10-13-5-6-17(15(19)9-13)24-14-4-3-7-21-11-14;;/h3-7,9,11-12,16H,8,10,20H2,1-2H3,(H,22,23);2*1H/t16-;;/m0../s1. The van der Waals surface area contributed by atoms with Crippen LogP contribution in [0.15, 0.2) is 42.7 Å². The highest BCUT2D eigenvalue weighted by Crippen LogP contribution is 2.24. The van der Waals surface area contributed by atoms with Gasteiger partial charge in [0.05, 0.1) is 12.2 Å². The third kappa shape index (κ3) is 7.56. The van der Waals surface area contributed by atoms with Gasteiger partial charge in [0.15, 0.2) is 11.6 Å². The number of ether oxygens (including phenoxy) is 1. The molecule has 0 spiro atoms. The number of nitrogens with two attached hydrogens (primary N) is 1. The number of rotatable bonds is 7. The van der Waals surface area contributed by atoms with Crippen molar-refractivity contribution in [1.82, 2.24) is 10.3 Å². The maximum Gasteiger partial charge on any atom is 0.237 e. The number of nitrogens with zero attached hydrogens (tertiary/aromatic N) is 1. The van der Waals surface area contributed by atoms with Crippen molar-refractivity contribution in [1.29, 1.82) is 0 Å². The van der Waals surface area contributed by atoms with Crippen molar-refractivity contribution in [2.45, 2.75) is 32.9 Å². The van der Waals surface area contributed by atoms with Crippen LogP contribution in [0.3, 0.4) is 0 Å². The van der Waals surface area contributed by atoms with Crippen molar-refractivity contribution in [3.8, 4) is 11.5 Å². The van der Waals surface area contributed by atoms with E-state index in [2.05, 4.69) is 10.3 Å². The van der Waals surface area contributed by atoms with Crippen LogP contribution in [0, 0.1) is 11.7 Å². The lowest BCUT2D eigenvalue weighted by Crippen LogP contribution is -2.41. The summed E-state index contributed by atoms with van der Waals surface area (Å²) in [6, 6.07) is 7.40. The Kier molecular flexibility index (Phi) is 10.8. The van der Waals surface area contributed by atoms with Crippen molar-refractivity contribution in [2.75, 3.05) is 0 Å².